The SMILES string of the molecule is CCOc1ccc(C#C/C(=C/C(F)(F)F)c2ccc(Cl)cc2)cc1. The van der Waals surface area contributed by atoms with Crippen molar-refractivity contribution in [3.8, 4) is 17.6 Å². The van der Waals surface area contributed by atoms with Crippen LogP contribution in [-0.4, -0.2) is 12.8 Å². The second kappa shape index (κ2) is 7.94. The van der Waals surface area contributed by atoms with Crippen molar-refractivity contribution in [3.63, 3.8) is 0 Å². The van der Waals surface area contributed by atoms with Crippen molar-refractivity contribution in [2.45, 2.75) is 13.1 Å². The molecule has 0 aliphatic heterocycles. The molecule has 2 aromatic rings. The lowest BCUT2D eigenvalue weighted by Crippen LogP contribution is -2.02. The number of hydrogen-bond acceptors (Lipinski definition) is 1. The van der Waals surface area contributed by atoms with Crippen molar-refractivity contribution in [2.75, 3.05) is 6.61 Å². The average molecular weight is 351 g/mol. The summed E-state index contributed by atoms with van der Waals surface area (Å²) in [6, 6.07) is 12.9. The Morgan fingerprint density at radius 3 is 2.25 bits per heavy atom. The van der Waals surface area contributed by atoms with E-state index in [0.717, 1.165) is 0 Å². The van der Waals surface area contributed by atoms with Crippen LogP contribution in [-0.2, 0) is 0 Å². The molecule has 0 fully saturated rings. The van der Waals surface area contributed by atoms with Gasteiger partial charge in [-0.05, 0) is 48.9 Å². The molecule has 0 aliphatic rings. The Bertz CT molecular complexity index is 763. The van der Waals surface area contributed by atoms with Gasteiger partial charge in [-0.1, -0.05) is 35.6 Å². The molecule has 0 radical (unpaired) electrons. The molecule has 0 heterocycles. The molecule has 0 spiro atoms. The van der Waals surface area contributed by atoms with Crippen molar-refractivity contribution < 1.29 is 17.9 Å². The smallest absolute Gasteiger partial charge is 0.410 e. The second-order valence-electron chi connectivity index (χ2n) is 4.81. The van der Waals surface area contributed by atoms with E-state index in [-0.39, 0.29) is 11.6 Å². The molecule has 0 unspecified atom stereocenters. The van der Waals surface area contributed by atoms with Crippen LogP contribution in [0, 0.1) is 11.8 Å². The molecule has 0 aliphatic carbocycles. The van der Waals surface area contributed by atoms with Gasteiger partial charge in [-0.3, -0.25) is 0 Å². The molecular weight excluding hydrogens is 337 g/mol. The number of allylic oxidation sites excluding steroid dienone is 2. The van der Waals surface area contributed by atoms with E-state index in [1.54, 1.807) is 24.3 Å². The molecule has 0 amide bonds. The summed E-state index contributed by atoms with van der Waals surface area (Å²) >= 11 is 5.77. The van der Waals surface area contributed by atoms with E-state index < -0.39 is 6.18 Å². The summed E-state index contributed by atoms with van der Waals surface area (Å²) in [6.45, 7) is 2.41. The molecule has 0 saturated carbocycles. The zero-order valence-electron chi connectivity index (χ0n) is 12.8. The van der Waals surface area contributed by atoms with Gasteiger partial charge in [0.05, 0.1) is 6.61 Å². The molecule has 0 N–H and O–H groups in total. The van der Waals surface area contributed by atoms with Crippen LogP contribution in [0.1, 0.15) is 18.1 Å². The van der Waals surface area contributed by atoms with Gasteiger partial charge in [-0.25, -0.2) is 0 Å². The van der Waals surface area contributed by atoms with Gasteiger partial charge in [0.2, 0.25) is 0 Å². The predicted molar refractivity (Wildman–Crippen MR) is 90.0 cm³/mol. The molecule has 124 valence electrons. The first-order valence-electron chi connectivity index (χ1n) is 7.18. The Labute approximate surface area is 143 Å². The summed E-state index contributed by atoms with van der Waals surface area (Å²) in [6.07, 6.45) is -4.26. The summed E-state index contributed by atoms with van der Waals surface area (Å²) < 4.78 is 43.6. The van der Waals surface area contributed by atoms with Crippen molar-refractivity contribution in [3.05, 3.63) is 70.8 Å². The fourth-order valence-electron chi connectivity index (χ4n) is 1.93. The van der Waals surface area contributed by atoms with Crippen LogP contribution in [0.4, 0.5) is 13.2 Å². The maximum Gasteiger partial charge on any atom is 0.410 e. The second-order valence-corrected chi connectivity index (χ2v) is 5.25. The third-order valence-corrected chi connectivity index (χ3v) is 3.22. The van der Waals surface area contributed by atoms with E-state index >= 15 is 0 Å². The maximum absolute atomic E-state index is 12.7. The summed E-state index contributed by atoms with van der Waals surface area (Å²) in [5.41, 5.74) is 0.837. The van der Waals surface area contributed by atoms with Gasteiger partial charge in [-0.15, -0.1) is 0 Å². The van der Waals surface area contributed by atoms with E-state index in [1.807, 2.05) is 6.92 Å². The van der Waals surface area contributed by atoms with Gasteiger partial charge in [0.15, 0.2) is 0 Å². The number of alkyl halides is 3. The molecule has 0 saturated heterocycles. The highest BCUT2D eigenvalue weighted by molar-refractivity contribution is 6.30. The van der Waals surface area contributed by atoms with Crippen molar-refractivity contribution in [2.24, 2.45) is 0 Å². The molecule has 0 aromatic heterocycles. The Morgan fingerprint density at radius 2 is 1.71 bits per heavy atom. The molecule has 5 heteroatoms. The normalized spacial score (nSPS) is 11.6. The highest BCUT2D eigenvalue weighted by Crippen LogP contribution is 2.25. The minimum atomic E-state index is -4.46. The number of hydrogen-bond donors (Lipinski definition) is 0. The van der Waals surface area contributed by atoms with Crippen molar-refractivity contribution >= 4 is 17.2 Å². The van der Waals surface area contributed by atoms with Crippen LogP contribution in [0.5, 0.6) is 5.75 Å². The van der Waals surface area contributed by atoms with Gasteiger partial charge in [0, 0.05) is 22.2 Å². The minimum absolute atomic E-state index is 0.118. The predicted octanol–water partition coefficient (Wildman–Crippen LogP) is 5.74. The Kier molecular flexibility index (Phi) is 5.94. The van der Waals surface area contributed by atoms with Crippen molar-refractivity contribution in [1.29, 1.82) is 0 Å². The van der Waals surface area contributed by atoms with E-state index in [0.29, 0.717) is 28.5 Å². The van der Waals surface area contributed by atoms with E-state index in [2.05, 4.69) is 11.8 Å². The lowest BCUT2D eigenvalue weighted by atomic mass is 10.1. The highest BCUT2D eigenvalue weighted by Gasteiger charge is 2.24. The zero-order valence-corrected chi connectivity index (χ0v) is 13.6. The Morgan fingerprint density at radius 1 is 1.08 bits per heavy atom. The molecule has 24 heavy (non-hydrogen) atoms. The van der Waals surface area contributed by atoms with Crippen LogP contribution < -0.4 is 4.74 Å². The quantitative estimate of drug-likeness (QED) is 0.642. The van der Waals surface area contributed by atoms with Crippen LogP contribution in [0.25, 0.3) is 5.57 Å². The van der Waals surface area contributed by atoms with E-state index in [1.165, 1.54) is 24.3 Å². The molecule has 2 aromatic carbocycles. The zero-order chi connectivity index (χ0) is 17.6. The number of rotatable bonds is 3. The monoisotopic (exact) mass is 350 g/mol. The number of ether oxygens (including phenoxy) is 1. The maximum atomic E-state index is 12.7. The highest BCUT2D eigenvalue weighted by atomic mass is 35.5. The Balaban J connectivity index is 2.33. The lowest BCUT2D eigenvalue weighted by Gasteiger charge is -2.04. The summed E-state index contributed by atoms with van der Waals surface area (Å²) in [4.78, 5) is 0. The van der Waals surface area contributed by atoms with Crippen LogP contribution >= 0.6 is 11.6 Å². The van der Waals surface area contributed by atoms with Crippen LogP contribution in [0.2, 0.25) is 5.02 Å². The Hall–Kier alpha value is -2.38. The third-order valence-electron chi connectivity index (χ3n) is 2.97. The molecular formula is C19H14ClF3O. The third kappa shape index (κ3) is 5.68. The first-order valence-corrected chi connectivity index (χ1v) is 7.55. The number of halogens is 4. The summed E-state index contributed by atoms with van der Waals surface area (Å²) in [5, 5.41) is 0.449. The van der Waals surface area contributed by atoms with Gasteiger partial charge in [0.1, 0.15) is 5.75 Å². The standard InChI is InChI=1S/C19H14ClF3O/c1-2-24-18-11-4-14(5-12-18)3-6-16(13-19(21,22)23)15-7-9-17(20)10-8-15/h4-5,7-13H,2H2,1H3/b16-13-. The fraction of sp³-hybridized carbons (Fsp3) is 0.158. The van der Waals surface area contributed by atoms with Gasteiger partial charge in [0.25, 0.3) is 0 Å². The van der Waals surface area contributed by atoms with Crippen LogP contribution in [0.3, 0.4) is 0 Å². The topological polar surface area (TPSA) is 9.23 Å². The summed E-state index contributed by atoms with van der Waals surface area (Å²) in [5.74, 6) is 6.02. The largest absolute Gasteiger partial charge is 0.494 e. The van der Waals surface area contributed by atoms with Gasteiger partial charge >= 0.3 is 6.18 Å². The number of benzene rings is 2. The minimum Gasteiger partial charge on any atom is -0.494 e. The van der Waals surface area contributed by atoms with Gasteiger partial charge in [-0.2, -0.15) is 13.2 Å². The van der Waals surface area contributed by atoms with Gasteiger partial charge < -0.3 is 4.74 Å². The molecule has 1 nitrogen and oxygen atoms in total. The van der Waals surface area contributed by atoms with Crippen LogP contribution in [0.15, 0.2) is 54.6 Å². The lowest BCUT2D eigenvalue weighted by molar-refractivity contribution is -0.0792. The fourth-order valence-corrected chi connectivity index (χ4v) is 2.05. The van der Waals surface area contributed by atoms with Crippen molar-refractivity contribution in [1.82, 2.24) is 0 Å². The summed E-state index contributed by atoms with van der Waals surface area (Å²) in [7, 11) is 0. The molecule has 0 bridgehead atoms. The molecule has 2 rings (SSSR count). The first kappa shape index (κ1) is 18.0. The molecule has 0 atom stereocenters. The first-order chi connectivity index (χ1) is 11.4. The van der Waals surface area contributed by atoms with E-state index in [4.69, 9.17) is 16.3 Å². The average Bonchev–Trinajstić information content (AvgIpc) is 2.53. The van der Waals surface area contributed by atoms with E-state index in [9.17, 15) is 13.2 Å².